The van der Waals surface area contributed by atoms with E-state index < -0.39 is 9.84 Å². The molecular formula is C22H25NO3S. The number of Topliss-reactive ketones (excluding diaryl/α,β-unsaturated/α-hetero) is 1. The fraction of sp³-hybridized carbons (Fsp3) is 0.318. The Hall–Kier alpha value is -2.24. The molecule has 3 rings (SSSR count). The van der Waals surface area contributed by atoms with E-state index in [1.165, 1.54) is 6.26 Å². The lowest BCUT2D eigenvalue weighted by Gasteiger charge is -2.15. The Morgan fingerprint density at radius 2 is 1.52 bits per heavy atom. The number of hydrogen-bond donors (Lipinski definition) is 0. The van der Waals surface area contributed by atoms with Crippen molar-refractivity contribution in [2.45, 2.75) is 18.2 Å². The Kier molecular flexibility index (Phi) is 5.36. The Balaban J connectivity index is 2.08. The van der Waals surface area contributed by atoms with Crippen molar-refractivity contribution in [1.82, 2.24) is 4.90 Å². The molecule has 0 saturated heterocycles. The van der Waals surface area contributed by atoms with Crippen molar-refractivity contribution >= 4 is 26.8 Å². The molecule has 0 N–H and O–H groups in total. The molecule has 0 heterocycles. The van der Waals surface area contributed by atoms with Crippen LogP contribution in [0.1, 0.15) is 23.1 Å². The molecule has 2 aromatic carbocycles. The maximum atomic E-state index is 13.2. The molecule has 27 heavy (non-hydrogen) atoms. The molecule has 1 aliphatic carbocycles. The smallest absolute Gasteiger partial charge is 0.175 e. The van der Waals surface area contributed by atoms with Gasteiger partial charge in [0.2, 0.25) is 0 Å². The van der Waals surface area contributed by atoms with Crippen molar-refractivity contribution in [1.29, 1.82) is 0 Å². The summed E-state index contributed by atoms with van der Waals surface area (Å²) < 4.78 is 23.5. The minimum absolute atomic E-state index is 0.0825. The highest BCUT2D eigenvalue weighted by Gasteiger charge is 2.34. The number of rotatable bonds is 5. The van der Waals surface area contributed by atoms with Gasteiger partial charge in [-0.2, -0.15) is 0 Å². The van der Waals surface area contributed by atoms with Crippen molar-refractivity contribution in [2.24, 2.45) is 5.92 Å². The largest absolute Gasteiger partial charge is 0.309 e. The summed E-state index contributed by atoms with van der Waals surface area (Å²) in [6, 6.07) is 14.9. The molecule has 0 bridgehead atoms. The normalized spacial score (nSPS) is 17.8. The van der Waals surface area contributed by atoms with E-state index in [9.17, 15) is 13.2 Å². The van der Waals surface area contributed by atoms with Gasteiger partial charge in [-0.3, -0.25) is 4.79 Å². The van der Waals surface area contributed by atoms with Crippen LogP contribution in [-0.2, 0) is 14.6 Å². The van der Waals surface area contributed by atoms with Gasteiger partial charge >= 0.3 is 0 Å². The fourth-order valence-corrected chi connectivity index (χ4v) is 4.21. The topological polar surface area (TPSA) is 54.5 Å². The first kappa shape index (κ1) is 19.5. The second-order valence-corrected chi connectivity index (χ2v) is 9.56. The highest BCUT2D eigenvalue weighted by Crippen LogP contribution is 2.41. The number of benzene rings is 2. The number of nitrogens with zero attached hydrogens (tertiary/aromatic N) is 1. The molecule has 0 aliphatic heterocycles. The highest BCUT2D eigenvalue weighted by atomic mass is 32.2. The van der Waals surface area contributed by atoms with Crippen LogP contribution in [0.2, 0.25) is 0 Å². The zero-order chi connectivity index (χ0) is 19.8. The van der Waals surface area contributed by atoms with E-state index in [2.05, 4.69) is 0 Å². The second kappa shape index (κ2) is 7.41. The predicted octanol–water partition coefficient (Wildman–Crippen LogP) is 3.46. The molecule has 2 aromatic rings. The van der Waals surface area contributed by atoms with E-state index in [0.717, 1.165) is 27.8 Å². The summed E-state index contributed by atoms with van der Waals surface area (Å²) in [6.45, 7) is 2.72. The van der Waals surface area contributed by atoms with Crippen LogP contribution in [0, 0.1) is 12.8 Å². The maximum absolute atomic E-state index is 13.2. The number of hydrogen-bond acceptors (Lipinski definition) is 4. The Morgan fingerprint density at radius 3 is 2.04 bits per heavy atom. The first-order valence-electron chi connectivity index (χ1n) is 8.96. The first-order chi connectivity index (χ1) is 12.7. The number of carbonyl (C=O) groups is 1. The van der Waals surface area contributed by atoms with Gasteiger partial charge in [0, 0.05) is 24.3 Å². The van der Waals surface area contributed by atoms with Crippen LogP contribution in [-0.4, -0.2) is 46.0 Å². The summed E-state index contributed by atoms with van der Waals surface area (Å²) in [5, 5.41) is 0. The lowest BCUT2D eigenvalue weighted by atomic mass is 9.96. The highest BCUT2D eigenvalue weighted by molar-refractivity contribution is 7.90. The minimum atomic E-state index is -3.24. The van der Waals surface area contributed by atoms with Crippen LogP contribution in [0.5, 0.6) is 0 Å². The molecular weight excluding hydrogens is 358 g/mol. The average Bonchev–Trinajstić information content (AvgIpc) is 2.91. The summed E-state index contributed by atoms with van der Waals surface area (Å²) in [6.07, 6.45) is 1.86. The Morgan fingerprint density at radius 1 is 0.963 bits per heavy atom. The van der Waals surface area contributed by atoms with Gasteiger partial charge < -0.3 is 4.90 Å². The van der Waals surface area contributed by atoms with Gasteiger partial charge in [0.15, 0.2) is 15.6 Å². The summed E-state index contributed by atoms with van der Waals surface area (Å²) in [5.74, 6) is 0.0793. The minimum Gasteiger partial charge on any atom is -0.309 e. The van der Waals surface area contributed by atoms with E-state index in [0.29, 0.717) is 13.0 Å². The maximum Gasteiger partial charge on any atom is 0.175 e. The van der Waals surface area contributed by atoms with E-state index in [1.54, 1.807) is 12.1 Å². The van der Waals surface area contributed by atoms with Crippen molar-refractivity contribution in [2.75, 3.05) is 26.9 Å². The molecule has 4 nitrogen and oxygen atoms in total. The molecule has 142 valence electrons. The number of aryl methyl sites for hydroxylation is 1. The number of allylic oxidation sites excluding steroid dienone is 2. The van der Waals surface area contributed by atoms with Crippen LogP contribution in [0.4, 0.5) is 0 Å². The van der Waals surface area contributed by atoms with Crippen molar-refractivity contribution in [3.63, 3.8) is 0 Å². The molecule has 5 heteroatoms. The zero-order valence-electron chi connectivity index (χ0n) is 16.2. The summed E-state index contributed by atoms with van der Waals surface area (Å²) in [7, 11) is 0.699. The van der Waals surface area contributed by atoms with Crippen LogP contribution < -0.4 is 0 Å². The molecule has 0 fully saturated rings. The number of carbonyl (C=O) groups excluding carboxylic acids is 1. The van der Waals surface area contributed by atoms with Gasteiger partial charge in [-0.1, -0.05) is 42.0 Å². The molecule has 0 aromatic heterocycles. The summed E-state index contributed by atoms with van der Waals surface area (Å²) in [4.78, 5) is 15.5. The standard InChI is InChI=1S/C22H25NO3S/c1-15-5-7-17(8-6-15)21-20(13-18(22(21)24)14-23(2)3)16-9-11-19(12-10-16)27(4,25)26/h5-12,18H,13-14H2,1-4H3. The van der Waals surface area contributed by atoms with Gasteiger partial charge in [0.05, 0.1) is 4.90 Å². The Bertz CT molecular complexity index is 985. The van der Waals surface area contributed by atoms with Gasteiger partial charge in [0.25, 0.3) is 0 Å². The predicted molar refractivity (Wildman–Crippen MR) is 109 cm³/mol. The molecule has 0 saturated carbocycles. The molecule has 0 spiro atoms. The van der Waals surface area contributed by atoms with Crippen LogP contribution in [0.3, 0.4) is 0 Å². The Labute approximate surface area is 161 Å². The number of sulfone groups is 1. The van der Waals surface area contributed by atoms with Crippen molar-refractivity contribution in [3.05, 3.63) is 65.2 Å². The van der Waals surface area contributed by atoms with E-state index in [4.69, 9.17) is 0 Å². The van der Waals surface area contributed by atoms with Crippen LogP contribution in [0.25, 0.3) is 11.1 Å². The molecule has 1 atom stereocenters. The summed E-state index contributed by atoms with van der Waals surface area (Å²) in [5.41, 5.74) is 4.74. The SMILES string of the molecule is Cc1ccc(C2=C(c3ccc(S(C)(=O)=O)cc3)CC(CN(C)C)C2=O)cc1. The zero-order valence-corrected chi connectivity index (χ0v) is 17.0. The van der Waals surface area contributed by atoms with E-state index in [1.807, 2.05) is 62.3 Å². The first-order valence-corrected chi connectivity index (χ1v) is 10.9. The molecule has 0 radical (unpaired) electrons. The van der Waals surface area contributed by atoms with Crippen molar-refractivity contribution < 1.29 is 13.2 Å². The lowest BCUT2D eigenvalue weighted by molar-refractivity contribution is -0.117. The van der Waals surface area contributed by atoms with Gasteiger partial charge in [-0.25, -0.2) is 8.42 Å². The molecule has 0 amide bonds. The lowest BCUT2D eigenvalue weighted by Crippen LogP contribution is -2.25. The van der Waals surface area contributed by atoms with Crippen molar-refractivity contribution in [3.8, 4) is 0 Å². The quantitative estimate of drug-likeness (QED) is 0.793. The van der Waals surface area contributed by atoms with E-state index >= 15 is 0 Å². The number of ketones is 1. The van der Waals surface area contributed by atoms with Gasteiger partial charge in [0.1, 0.15) is 0 Å². The van der Waals surface area contributed by atoms with Gasteiger partial charge in [-0.05, 0) is 56.3 Å². The average molecular weight is 384 g/mol. The molecule has 1 unspecified atom stereocenters. The second-order valence-electron chi connectivity index (χ2n) is 7.54. The fourth-order valence-electron chi connectivity index (χ4n) is 3.58. The van der Waals surface area contributed by atoms with E-state index in [-0.39, 0.29) is 16.6 Å². The third-order valence-electron chi connectivity index (χ3n) is 4.93. The van der Waals surface area contributed by atoms with Crippen LogP contribution >= 0.6 is 0 Å². The monoisotopic (exact) mass is 383 g/mol. The van der Waals surface area contributed by atoms with Gasteiger partial charge in [-0.15, -0.1) is 0 Å². The molecule has 1 aliphatic rings. The summed E-state index contributed by atoms with van der Waals surface area (Å²) >= 11 is 0. The van der Waals surface area contributed by atoms with Crippen LogP contribution in [0.15, 0.2) is 53.4 Å². The third-order valence-corrected chi connectivity index (χ3v) is 6.05. The third kappa shape index (κ3) is 4.20.